The van der Waals surface area contributed by atoms with E-state index in [1.807, 2.05) is 0 Å². The van der Waals surface area contributed by atoms with Gasteiger partial charge in [-0.15, -0.1) is 0 Å². The van der Waals surface area contributed by atoms with E-state index >= 15 is 0 Å². The van der Waals surface area contributed by atoms with Crippen LogP contribution in [0.15, 0.2) is 55.0 Å². The van der Waals surface area contributed by atoms with E-state index in [-0.39, 0.29) is 18.2 Å². The summed E-state index contributed by atoms with van der Waals surface area (Å²) in [6.07, 6.45) is 5.12. The summed E-state index contributed by atoms with van der Waals surface area (Å²) in [5, 5.41) is 0. The Morgan fingerprint density at radius 1 is 1.33 bits per heavy atom. The van der Waals surface area contributed by atoms with Gasteiger partial charge in [-0.1, -0.05) is 12.1 Å². The fourth-order valence-corrected chi connectivity index (χ4v) is 2.43. The van der Waals surface area contributed by atoms with Crippen molar-refractivity contribution in [2.45, 2.75) is 13.2 Å². The number of hydrogen-bond donors (Lipinski definition) is 0. The van der Waals surface area contributed by atoms with Gasteiger partial charge in [-0.05, 0) is 29.8 Å². The quantitative estimate of drug-likeness (QED) is 0.721. The topological polar surface area (TPSA) is 46.8 Å². The van der Waals surface area contributed by atoms with Crippen molar-refractivity contribution in [2.75, 3.05) is 7.05 Å². The molecule has 0 atom stereocenters. The van der Waals surface area contributed by atoms with Crippen LogP contribution in [0.4, 0.5) is 8.78 Å². The smallest absolute Gasteiger partial charge is 0.387 e. The van der Waals surface area contributed by atoms with Crippen molar-refractivity contribution in [1.82, 2.24) is 14.3 Å². The van der Waals surface area contributed by atoms with Crippen LogP contribution in [-0.2, 0) is 6.54 Å². The van der Waals surface area contributed by atoms with Crippen molar-refractivity contribution in [3.8, 4) is 5.75 Å². The number of halogens is 2. The minimum Gasteiger partial charge on any atom is -0.435 e. The zero-order valence-corrected chi connectivity index (χ0v) is 12.9. The van der Waals surface area contributed by atoms with Crippen molar-refractivity contribution in [2.24, 2.45) is 0 Å². The van der Waals surface area contributed by atoms with Crippen LogP contribution in [0.3, 0.4) is 0 Å². The molecule has 2 aromatic heterocycles. The molecule has 0 aliphatic rings. The Labute approximate surface area is 137 Å². The lowest BCUT2D eigenvalue weighted by Crippen LogP contribution is -2.26. The molecule has 24 heavy (non-hydrogen) atoms. The van der Waals surface area contributed by atoms with Gasteiger partial charge in [0.2, 0.25) is 0 Å². The maximum absolute atomic E-state index is 12.5. The molecule has 1 aromatic carbocycles. The highest BCUT2D eigenvalue weighted by atomic mass is 19.3. The Kier molecular flexibility index (Phi) is 4.41. The van der Waals surface area contributed by atoms with Crippen LogP contribution < -0.4 is 4.74 Å². The molecule has 0 radical (unpaired) electrons. The third-order valence-electron chi connectivity index (χ3n) is 3.53. The van der Waals surface area contributed by atoms with Crippen LogP contribution in [0.2, 0.25) is 0 Å². The van der Waals surface area contributed by atoms with Crippen molar-refractivity contribution >= 4 is 11.6 Å². The number of ether oxygens (including phenoxy) is 1. The van der Waals surface area contributed by atoms with E-state index < -0.39 is 6.61 Å². The number of aromatic nitrogens is 2. The second-order valence-corrected chi connectivity index (χ2v) is 5.30. The lowest BCUT2D eigenvalue weighted by atomic mass is 10.2. The summed E-state index contributed by atoms with van der Waals surface area (Å²) in [6.45, 7) is -2.59. The van der Waals surface area contributed by atoms with Gasteiger partial charge in [-0.25, -0.2) is 4.98 Å². The van der Waals surface area contributed by atoms with Gasteiger partial charge in [0.15, 0.2) is 0 Å². The number of amides is 1. The lowest BCUT2D eigenvalue weighted by Gasteiger charge is -2.18. The molecular weight excluding hydrogens is 316 g/mol. The zero-order chi connectivity index (χ0) is 17.1. The maximum Gasteiger partial charge on any atom is 0.387 e. The number of carbonyl (C=O) groups excluding carboxylic acids is 1. The van der Waals surface area contributed by atoms with E-state index in [1.165, 1.54) is 17.0 Å². The van der Waals surface area contributed by atoms with E-state index in [4.69, 9.17) is 0 Å². The number of hydrogen-bond acceptors (Lipinski definition) is 3. The molecule has 0 aliphatic carbocycles. The summed E-state index contributed by atoms with van der Waals surface area (Å²) in [6, 6.07) is 9.78. The van der Waals surface area contributed by atoms with E-state index in [2.05, 4.69) is 9.72 Å². The van der Waals surface area contributed by atoms with Crippen LogP contribution in [0, 0.1) is 0 Å². The van der Waals surface area contributed by atoms with Gasteiger partial charge in [0.1, 0.15) is 11.4 Å². The highest BCUT2D eigenvalue weighted by Crippen LogP contribution is 2.17. The average Bonchev–Trinajstić information content (AvgIpc) is 3.01. The van der Waals surface area contributed by atoms with Crippen LogP contribution in [0.25, 0.3) is 5.65 Å². The molecule has 0 fully saturated rings. The van der Waals surface area contributed by atoms with Gasteiger partial charge in [-0.2, -0.15) is 8.78 Å². The van der Waals surface area contributed by atoms with Gasteiger partial charge in [0.05, 0.1) is 5.56 Å². The number of pyridine rings is 1. The molecule has 0 spiro atoms. The van der Waals surface area contributed by atoms with Crippen LogP contribution in [-0.4, -0.2) is 33.9 Å². The molecule has 5 nitrogen and oxygen atoms in total. The maximum atomic E-state index is 12.5. The molecule has 7 heteroatoms. The predicted octanol–water partition coefficient (Wildman–Crippen LogP) is 3.21. The molecular formula is C17H15F2N3O2. The molecule has 3 rings (SSSR count). The first-order valence-corrected chi connectivity index (χ1v) is 7.25. The first-order chi connectivity index (χ1) is 11.5. The van der Waals surface area contributed by atoms with Gasteiger partial charge < -0.3 is 14.0 Å². The van der Waals surface area contributed by atoms with E-state index in [1.54, 1.807) is 54.3 Å². The minimum absolute atomic E-state index is 0.0724. The normalized spacial score (nSPS) is 11.0. The Balaban J connectivity index is 1.73. The minimum atomic E-state index is -2.87. The average molecular weight is 331 g/mol. The molecule has 124 valence electrons. The van der Waals surface area contributed by atoms with E-state index in [0.29, 0.717) is 11.1 Å². The highest BCUT2D eigenvalue weighted by molar-refractivity contribution is 5.94. The molecule has 0 saturated heterocycles. The summed E-state index contributed by atoms with van der Waals surface area (Å²) in [4.78, 5) is 18.2. The predicted molar refractivity (Wildman–Crippen MR) is 84.1 cm³/mol. The summed E-state index contributed by atoms with van der Waals surface area (Å²) in [7, 11) is 1.65. The molecule has 3 aromatic rings. The van der Waals surface area contributed by atoms with E-state index in [9.17, 15) is 13.6 Å². The van der Waals surface area contributed by atoms with Crippen molar-refractivity contribution in [3.63, 3.8) is 0 Å². The summed E-state index contributed by atoms with van der Waals surface area (Å²) in [5.41, 5.74) is 1.97. The molecule has 0 bridgehead atoms. The second kappa shape index (κ2) is 6.66. The number of alkyl halides is 2. The Morgan fingerprint density at radius 2 is 2.17 bits per heavy atom. The highest BCUT2D eigenvalue weighted by Gasteiger charge is 2.13. The van der Waals surface area contributed by atoms with Gasteiger partial charge in [-0.3, -0.25) is 4.79 Å². The van der Waals surface area contributed by atoms with Gasteiger partial charge in [0.25, 0.3) is 5.91 Å². The van der Waals surface area contributed by atoms with Crippen molar-refractivity contribution in [1.29, 1.82) is 0 Å². The largest absolute Gasteiger partial charge is 0.435 e. The number of carbonyl (C=O) groups is 1. The van der Waals surface area contributed by atoms with Crippen molar-refractivity contribution < 1.29 is 18.3 Å². The summed E-state index contributed by atoms with van der Waals surface area (Å²) < 4.78 is 30.7. The number of nitrogens with zero attached hydrogens (tertiary/aromatic N) is 3. The number of fused-ring (bicyclic) bond motifs is 1. The Hall–Kier alpha value is -2.96. The fourth-order valence-electron chi connectivity index (χ4n) is 2.43. The lowest BCUT2D eigenvalue weighted by molar-refractivity contribution is -0.0499. The molecule has 1 amide bonds. The molecule has 0 saturated carbocycles. The van der Waals surface area contributed by atoms with Gasteiger partial charge in [0, 0.05) is 32.2 Å². The van der Waals surface area contributed by atoms with E-state index in [0.717, 1.165) is 5.65 Å². The van der Waals surface area contributed by atoms with Crippen LogP contribution >= 0.6 is 0 Å². The molecule has 0 aliphatic heterocycles. The molecule has 0 N–H and O–H groups in total. The molecule has 0 unspecified atom stereocenters. The summed E-state index contributed by atoms with van der Waals surface area (Å²) >= 11 is 0. The van der Waals surface area contributed by atoms with Crippen molar-refractivity contribution in [3.05, 3.63) is 66.1 Å². The number of rotatable bonds is 5. The Morgan fingerprint density at radius 3 is 2.96 bits per heavy atom. The third-order valence-corrected chi connectivity index (χ3v) is 3.53. The number of imidazole rings is 1. The summed E-state index contributed by atoms with van der Waals surface area (Å²) in [5.74, 6) is -0.103. The molecule has 2 heterocycles. The van der Waals surface area contributed by atoms with Crippen LogP contribution in [0.1, 0.15) is 15.9 Å². The first kappa shape index (κ1) is 15.9. The number of benzene rings is 1. The van der Waals surface area contributed by atoms with Crippen LogP contribution in [0.5, 0.6) is 5.75 Å². The first-order valence-electron chi connectivity index (χ1n) is 7.25. The monoisotopic (exact) mass is 331 g/mol. The standard InChI is InChI=1S/C17H15F2N3O2/c1-21(10-12-3-2-4-14(9-12)24-17(18)19)16(23)13-5-6-15-20-7-8-22(15)11-13/h2-9,11,17H,10H2,1H3. The third kappa shape index (κ3) is 3.51. The fraction of sp³-hybridized carbons (Fsp3) is 0.176. The zero-order valence-electron chi connectivity index (χ0n) is 12.9. The Bertz CT molecular complexity index is 864. The SMILES string of the molecule is CN(Cc1cccc(OC(F)F)c1)C(=O)c1ccc2nccn2c1. The second-order valence-electron chi connectivity index (χ2n) is 5.30. The van der Waals surface area contributed by atoms with Gasteiger partial charge >= 0.3 is 6.61 Å².